The van der Waals surface area contributed by atoms with Crippen molar-refractivity contribution in [3.05, 3.63) is 137 Å². The number of H-pyrrole nitrogens is 1. The Hall–Kier alpha value is -3.83. The molecule has 240 valence electrons. The van der Waals surface area contributed by atoms with Gasteiger partial charge in [-0.3, -0.25) is 0 Å². The standard InChI is InChI=1S/C39H51ClN4O/c1-8-28(3)26-42(20-17-35-13-15-38(45)25-33(35)9-2)30(5)24-39-32(7)43(21-16-34-12-14-36(40)23-29(34)4)27-31(6)44(39)22-18-37-11-10-19-41-37/h10-15,19,23,25,39,41,45H,3,5-9,16-18,20-22,24,26-27H2,1-2,4H3. The van der Waals surface area contributed by atoms with Gasteiger partial charge < -0.3 is 24.8 Å². The molecule has 0 amide bonds. The Labute approximate surface area is 276 Å². The number of rotatable bonds is 16. The number of nitrogens with one attached hydrogen (secondary N) is 1. The van der Waals surface area contributed by atoms with Crippen molar-refractivity contribution < 1.29 is 5.11 Å². The van der Waals surface area contributed by atoms with Crippen LogP contribution < -0.4 is 0 Å². The van der Waals surface area contributed by atoms with Crippen molar-refractivity contribution in [2.24, 2.45) is 0 Å². The summed E-state index contributed by atoms with van der Waals surface area (Å²) < 4.78 is 0. The average molecular weight is 627 g/mol. The van der Waals surface area contributed by atoms with Gasteiger partial charge in [0.05, 0.1) is 12.6 Å². The second-order valence-corrected chi connectivity index (χ2v) is 12.7. The molecule has 1 aromatic heterocycles. The van der Waals surface area contributed by atoms with Crippen molar-refractivity contribution in [3.63, 3.8) is 0 Å². The first-order valence-corrected chi connectivity index (χ1v) is 16.6. The number of piperazine rings is 1. The topological polar surface area (TPSA) is 45.7 Å². The zero-order valence-electron chi connectivity index (χ0n) is 27.5. The first-order valence-electron chi connectivity index (χ1n) is 16.2. The lowest BCUT2D eigenvalue weighted by Gasteiger charge is -2.47. The van der Waals surface area contributed by atoms with Gasteiger partial charge in [-0.15, -0.1) is 0 Å². The van der Waals surface area contributed by atoms with E-state index in [1.54, 1.807) is 6.07 Å². The molecule has 5 nitrogen and oxygen atoms in total. The van der Waals surface area contributed by atoms with Crippen LogP contribution >= 0.6 is 11.6 Å². The van der Waals surface area contributed by atoms with Gasteiger partial charge in [0.1, 0.15) is 5.75 Å². The zero-order chi connectivity index (χ0) is 32.5. The van der Waals surface area contributed by atoms with Gasteiger partial charge in [-0.2, -0.15) is 0 Å². The number of hydrogen-bond acceptors (Lipinski definition) is 4. The molecule has 0 radical (unpaired) electrons. The van der Waals surface area contributed by atoms with E-state index in [-0.39, 0.29) is 6.04 Å². The lowest BCUT2D eigenvalue weighted by Crippen LogP contribution is -2.51. The van der Waals surface area contributed by atoms with Gasteiger partial charge in [0.2, 0.25) is 0 Å². The van der Waals surface area contributed by atoms with Crippen molar-refractivity contribution in [1.82, 2.24) is 19.7 Å². The number of aromatic hydroxyl groups is 1. The number of aromatic amines is 1. The number of phenolic OH excluding ortho intramolecular Hbond substituents is 1. The Morgan fingerprint density at radius 3 is 2.47 bits per heavy atom. The zero-order valence-corrected chi connectivity index (χ0v) is 28.3. The summed E-state index contributed by atoms with van der Waals surface area (Å²) in [6.45, 7) is 28.8. The molecular weight excluding hydrogens is 576 g/mol. The van der Waals surface area contributed by atoms with Gasteiger partial charge in [0.25, 0.3) is 0 Å². The minimum atomic E-state index is 0.0530. The van der Waals surface area contributed by atoms with E-state index in [9.17, 15) is 5.11 Å². The molecule has 0 aliphatic carbocycles. The minimum absolute atomic E-state index is 0.0530. The predicted molar refractivity (Wildman–Crippen MR) is 191 cm³/mol. The molecule has 0 bridgehead atoms. The minimum Gasteiger partial charge on any atom is -0.508 e. The molecule has 1 unspecified atom stereocenters. The molecule has 6 heteroatoms. The van der Waals surface area contributed by atoms with Crippen molar-refractivity contribution >= 4 is 11.6 Å². The Kier molecular flexibility index (Phi) is 12.1. The smallest absolute Gasteiger partial charge is 0.115 e. The molecule has 45 heavy (non-hydrogen) atoms. The van der Waals surface area contributed by atoms with Crippen molar-refractivity contribution in [2.45, 2.75) is 65.3 Å². The maximum atomic E-state index is 10.0. The van der Waals surface area contributed by atoms with Crippen LogP contribution in [0.4, 0.5) is 0 Å². The Morgan fingerprint density at radius 1 is 1.00 bits per heavy atom. The second-order valence-electron chi connectivity index (χ2n) is 12.3. The highest BCUT2D eigenvalue weighted by molar-refractivity contribution is 6.30. The van der Waals surface area contributed by atoms with Crippen LogP contribution in [0.25, 0.3) is 0 Å². The maximum absolute atomic E-state index is 10.0. The van der Waals surface area contributed by atoms with Gasteiger partial charge in [-0.05, 0) is 91.3 Å². The lowest BCUT2D eigenvalue weighted by atomic mass is 9.98. The van der Waals surface area contributed by atoms with Crippen LogP contribution in [0, 0.1) is 6.92 Å². The number of nitrogens with zero attached hydrogens (tertiary/aromatic N) is 3. The maximum Gasteiger partial charge on any atom is 0.115 e. The molecule has 1 aliphatic heterocycles. The number of phenols is 1. The van der Waals surface area contributed by atoms with Crippen LogP contribution in [0.15, 0.2) is 104 Å². The summed E-state index contributed by atoms with van der Waals surface area (Å²) in [6.07, 6.45) is 7.25. The molecule has 1 fully saturated rings. The molecule has 4 rings (SSSR count). The van der Waals surface area contributed by atoms with Crippen LogP contribution in [-0.4, -0.2) is 63.6 Å². The largest absolute Gasteiger partial charge is 0.508 e. The van der Waals surface area contributed by atoms with Crippen LogP contribution in [0.3, 0.4) is 0 Å². The number of aryl methyl sites for hydroxylation is 2. The summed E-state index contributed by atoms with van der Waals surface area (Å²) in [5.74, 6) is 0.322. The van der Waals surface area contributed by atoms with Gasteiger partial charge in [0.15, 0.2) is 0 Å². The molecule has 0 saturated carbocycles. The number of benzene rings is 2. The van der Waals surface area contributed by atoms with Crippen LogP contribution in [-0.2, 0) is 25.7 Å². The fraction of sp³-hybridized carbons (Fsp3) is 0.385. The van der Waals surface area contributed by atoms with E-state index >= 15 is 0 Å². The van der Waals surface area contributed by atoms with Gasteiger partial charge >= 0.3 is 0 Å². The molecule has 2 heterocycles. The fourth-order valence-corrected chi connectivity index (χ4v) is 6.50. The molecule has 3 aromatic rings. The number of halogens is 1. The molecule has 1 aliphatic rings. The van der Waals surface area contributed by atoms with Crippen LogP contribution in [0.2, 0.25) is 5.02 Å². The SMILES string of the molecule is C=C(CC)CN(CCc1ccc(O)cc1CC)C(=C)CC1C(=C)N(CCc2ccc(Cl)cc2C)CC(=C)N1CCc1ccc[nH]1. The van der Waals surface area contributed by atoms with E-state index in [0.717, 1.165) is 93.4 Å². The highest BCUT2D eigenvalue weighted by Gasteiger charge is 2.33. The first kappa shape index (κ1) is 34.1. The van der Waals surface area contributed by atoms with Gasteiger partial charge in [0, 0.05) is 73.0 Å². The molecule has 0 spiro atoms. The average Bonchev–Trinajstić information content (AvgIpc) is 3.54. The van der Waals surface area contributed by atoms with E-state index in [4.69, 9.17) is 11.6 Å². The van der Waals surface area contributed by atoms with Crippen molar-refractivity contribution in [2.75, 3.05) is 32.7 Å². The molecule has 1 saturated heterocycles. The summed E-state index contributed by atoms with van der Waals surface area (Å²) in [6, 6.07) is 16.1. The summed E-state index contributed by atoms with van der Waals surface area (Å²) in [4.78, 5) is 10.6. The first-order chi connectivity index (χ1) is 21.6. The lowest BCUT2D eigenvalue weighted by molar-refractivity contribution is 0.161. The number of hydrogen-bond donors (Lipinski definition) is 2. The highest BCUT2D eigenvalue weighted by Crippen LogP contribution is 2.31. The monoisotopic (exact) mass is 626 g/mol. The van der Waals surface area contributed by atoms with E-state index in [0.29, 0.717) is 5.75 Å². The third-order valence-corrected chi connectivity index (χ3v) is 9.43. The van der Waals surface area contributed by atoms with Crippen molar-refractivity contribution in [3.8, 4) is 5.75 Å². The highest BCUT2D eigenvalue weighted by atomic mass is 35.5. The summed E-state index contributed by atoms with van der Waals surface area (Å²) in [7, 11) is 0. The van der Waals surface area contributed by atoms with Gasteiger partial charge in [-0.25, -0.2) is 0 Å². The Morgan fingerprint density at radius 2 is 1.78 bits per heavy atom. The third kappa shape index (κ3) is 9.11. The predicted octanol–water partition coefficient (Wildman–Crippen LogP) is 8.46. The van der Waals surface area contributed by atoms with E-state index in [1.807, 2.05) is 24.4 Å². The van der Waals surface area contributed by atoms with Crippen molar-refractivity contribution in [1.29, 1.82) is 0 Å². The number of aromatic nitrogens is 1. The quantitative estimate of drug-likeness (QED) is 0.157. The van der Waals surface area contributed by atoms with Crippen LogP contribution in [0.5, 0.6) is 5.75 Å². The molecule has 2 aromatic carbocycles. The third-order valence-electron chi connectivity index (χ3n) is 9.20. The van der Waals surface area contributed by atoms with E-state index in [2.05, 4.69) is 91.0 Å². The summed E-state index contributed by atoms with van der Waals surface area (Å²) in [5, 5.41) is 10.8. The normalized spacial score (nSPS) is 15.1. The summed E-state index contributed by atoms with van der Waals surface area (Å²) >= 11 is 6.23. The van der Waals surface area contributed by atoms with Gasteiger partial charge in [-0.1, -0.05) is 69.5 Å². The fourth-order valence-electron chi connectivity index (χ4n) is 6.27. The molecule has 2 N–H and O–H groups in total. The molecular formula is C39H51ClN4O. The summed E-state index contributed by atoms with van der Waals surface area (Å²) in [5.41, 5.74) is 10.7. The Balaban J connectivity index is 1.54. The van der Waals surface area contributed by atoms with E-state index in [1.165, 1.54) is 33.5 Å². The van der Waals surface area contributed by atoms with E-state index < -0.39 is 0 Å². The molecule has 1 atom stereocenters. The second kappa shape index (κ2) is 15.9. The van der Waals surface area contributed by atoms with Crippen LogP contribution in [0.1, 0.15) is 54.6 Å². The Bertz CT molecular complexity index is 1490.